The third-order valence-corrected chi connectivity index (χ3v) is 5.86. The zero-order chi connectivity index (χ0) is 22.5. The van der Waals surface area contributed by atoms with Crippen LogP contribution in [0.1, 0.15) is 21.5 Å². The van der Waals surface area contributed by atoms with Gasteiger partial charge in [-0.15, -0.1) is 11.3 Å². The zero-order valence-corrected chi connectivity index (χ0v) is 19.4. The normalized spacial score (nSPS) is 10.9. The number of halogens is 1. The van der Waals surface area contributed by atoms with Crippen molar-refractivity contribution < 1.29 is 9.90 Å². The molecule has 0 atom stereocenters. The predicted molar refractivity (Wildman–Crippen MR) is 133 cm³/mol. The summed E-state index contributed by atoms with van der Waals surface area (Å²) in [6.07, 6.45) is 1.39. The molecule has 3 N–H and O–H groups in total. The molecule has 32 heavy (non-hydrogen) atoms. The first-order valence-electron chi connectivity index (χ1n) is 9.69. The van der Waals surface area contributed by atoms with E-state index in [0.717, 1.165) is 26.5 Å². The molecular formula is C24H19BrN4O2S. The van der Waals surface area contributed by atoms with Crippen LogP contribution in [0.25, 0.3) is 11.3 Å². The molecule has 0 saturated heterocycles. The predicted octanol–water partition coefficient (Wildman–Crippen LogP) is 6.09. The van der Waals surface area contributed by atoms with Crippen LogP contribution in [0.5, 0.6) is 5.75 Å². The second-order valence-corrected chi connectivity index (χ2v) is 8.78. The molecule has 0 aliphatic heterocycles. The molecule has 0 aliphatic carbocycles. The fraction of sp³-hybridized carbons (Fsp3) is 0.0417. The van der Waals surface area contributed by atoms with E-state index < -0.39 is 0 Å². The van der Waals surface area contributed by atoms with Gasteiger partial charge in [0, 0.05) is 32.2 Å². The molecule has 160 valence electrons. The van der Waals surface area contributed by atoms with Gasteiger partial charge in [0.15, 0.2) is 5.13 Å². The Morgan fingerprint density at radius 2 is 1.84 bits per heavy atom. The van der Waals surface area contributed by atoms with Crippen LogP contribution in [0.2, 0.25) is 0 Å². The van der Waals surface area contributed by atoms with Crippen LogP contribution in [0.3, 0.4) is 0 Å². The van der Waals surface area contributed by atoms with Crippen molar-refractivity contribution in [3.05, 3.63) is 93.3 Å². The number of hydrazone groups is 1. The van der Waals surface area contributed by atoms with E-state index in [-0.39, 0.29) is 11.7 Å². The van der Waals surface area contributed by atoms with Crippen LogP contribution in [0.4, 0.5) is 10.8 Å². The fourth-order valence-corrected chi connectivity index (χ4v) is 3.99. The van der Waals surface area contributed by atoms with Crippen molar-refractivity contribution in [3.8, 4) is 17.0 Å². The third-order valence-electron chi connectivity index (χ3n) is 4.61. The number of aromatic hydroxyl groups is 1. The number of hydrogen-bond donors (Lipinski definition) is 3. The second kappa shape index (κ2) is 9.76. The lowest BCUT2D eigenvalue weighted by atomic mass is 10.1. The van der Waals surface area contributed by atoms with Crippen LogP contribution in [0, 0.1) is 6.92 Å². The van der Waals surface area contributed by atoms with Gasteiger partial charge in [0.05, 0.1) is 11.9 Å². The minimum absolute atomic E-state index is 0.0788. The molecular weight excluding hydrogens is 488 g/mol. The summed E-state index contributed by atoms with van der Waals surface area (Å²) in [6, 6.07) is 20.3. The molecule has 0 radical (unpaired) electrons. The van der Waals surface area contributed by atoms with Crippen molar-refractivity contribution in [3.63, 3.8) is 0 Å². The van der Waals surface area contributed by atoms with Crippen molar-refractivity contribution in [2.24, 2.45) is 5.10 Å². The summed E-state index contributed by atoms with van der Waals surface area (Å²) in [4.78, 5) is 17.0. The van der Waals surface area contributed by atoms with Crippen LogP contribution in [-0.2, 0) is 0 Å². The van der Waals surface area contributed by atoms with Crippen LogP contribution in [-0.4, -0.2) is 22.2 Å². The minimum Gasteiger partial charge on any atom is -0.507 e. The van der Waals surface area contributed by atoms with Gasteiger partial charge in [-0.3, -0.25) is 4.79 Å². The molecule has 3 aromatic carbocycles. The summed E-state index contributed by atoms with van der Waals surface area (Å²) in [6.45, 7) is 2.05. The van der Waals surface area contributed by atoms with Gasteiger partial charge in [0.2, 0.25) is 0 Å². The SMILES string of the molecule is Cc1ccc(Nc2nc(-c3ccc(C(=O)N/N=C\c4cc(Br)ccc4O)cc3)cs2)cc1. The molecule has 1 aromatic heterocycles. The lowest BCUT2D eigenvalue weighted by Gasteiger charge is -2.03. The maximum Gasteiger partial charge on any atom is 0.271 e. The zero-order valence-electron chi connectivity index (χ0n) is 17.0. The van der Waals surface area contributed by atoms with Gasteiger partial charge in [-0.25, -0.2) is 10.4 Å². The quantitative estimate of drug-likeness (QED) is 0.218. The largest absolute Gasteiger partial charge is 0.507 e. The van der Waals surface area contributed by atoms with E-state index >= 15 is 0 Å². The Morgan fingerprint density at radius 1 is 1.09 bits per heavy atom. The summed E-state index contributed by atoms with van der Waals surface area (Å²) in [5.41, 5.74) is 7.37. The maximum absolute atomic E-state index is 12.3. The molecule has 6 nitrogen and oxygen atoms in total. The number of anilines is 2. The van der Waals surface area contributed by atoms with Gasteiger partial charge in [-0.2, -0.15) is 5.10 Å². The Bertz CT molecular complexity index is 1270. The molecule has 0 unspecified atom stereocenters. The molecule has 0 bridgehead atoms. The monoisotopic (exact) mass is 506 g/mol. The van der Waals surface area contributed by atoms with E-state index in [2.05, 4.69) is 43.7 Å². The number of phenolic OH excluding ortho intramolecular Hbond substituents is 1. The topological polar surface area (TPSA) is 86.6 Å². The average Bonchev–Trinajstić information content (AvgIpc) is 3.26. The van der Waals surface area contributed by atoms with Gasteiger partial charge in [0.1, 0.15) is 5.75 Å². The van der Waals surface area contributed by atoms with E-state index in [0.29, 0.717) is 11.1 Å². The van der Waals surface area contributed by atoms with Crippen LogP contribution in [0.15, 0.2) is 81.7 Å². The molecule has 0 saturated carbocycles. The highest BCUT2D eigenvalue weighted by Crippen LogP contribution is 2.27. The van der Waals surface area contributed by atoms with Crippen molar-refractivity contribution in [2.75, 3.05) is 5.32 Å². The van der Waals surface area contributed by atoms with Gasteiger partial charge in [-0.1, -0.05) is 45.8 Å². The minimum atomic E-state index is -0.345. The van der Waals surface area contributed by atoms with Crippen molar-refractivity contribution >= 4 is 50.2 Å². The molecule has 0 spiro atoms. The van der Waals surface area contributed by atoms with E-state index in [4.69, 9.17) is 0 Å². The summed E-state index contributed by atoms with van der Waals surface area (Å²) in [7, 11) is 0. The van der Waals surface area contributed by atoms with Crippen molar-refractivity contribution in [1.29, 1.82) is 0 Å². The van der Waals surface area contributed by atoms with E-state index in [9.17, 15) is 9.90 Å². The highest BCUT2D eigenvalue weighted by atomic mass is 79.9. The Morgan fingerprint density at radius 3 is 2.59 bits per heavy atom. The maximum atomic E-state index is 12.3. The Kier molecular flexibility index (Phi) is 6.63. The molecule has 1 heterocycles. The number of nitrogens with one attached hydrogen (secondary N) is 2. The lowest BCUT2D eigenvalue weighted by Crippen LogP contribution is -2.17. The molecule has 0 fully saturated rings. The lowest BCUT2D eigenvalue weighted by molar-refractivity contribution is 0.0955. The van der Waals surface area contributed by atoms with Gasteiger partial charge >= 0.3 is 0 Å². The molecule has 0 aliphatic rings. The second-order valence-electron chi connectivity index (χ2n) is 7.01. The van der Waals surface area contributed by atoms with Gasteiger partial charge < -0.3 is 10.4 Å². The number of amides is 1. The Labute approximate surface area is 197 Å². The Hall–Kier alpha value is -3.49. The number of carbonyl (C=O) groups excluding carboxylic acids is 1. The summed E-state index contributed by atoms with van der Waals surface area (Å²) in [5, 5.41) is 19.8. The highest BCUT2D eigenvalue weighted by molar-refractivity contribution is 9.10. The van der Waals surface area contributed by atoms with Gasteiger partial charge in [-0.05, 0) is 49.4 Å². The smallest absolute Gasteiger partial charge is 0.271 e. The number of phenols is 1. The number of nitrogens with zero attached hydrogens (tertiary/aromatic N) is 2. The first kappa shape index (κ1) is 21.7. The van der Waals surface area contributed by atoms with Crippen molar-refractivity contribution in [1.82, 2.24) is 10.4 Å². The molecule has 8 heteroatoms. The summed E-state index contributed by atoms with van der Waals surface area (Å²) >= 11 is 4.85. The van der Waals surface area contributed by atoms with E-state index in [1.807, 2.05) is 41.8 Å². The number of aryl methyl sites for hydroxylation is 1. The standard InChI is InChI=1S/C24H19BrN4O2S/c1-15-2-9-20(10-3-15)27-24-28-21(14-32-24)16-4-6-17(7-5-16)23(31)29-26-13-18-12-19(25)8-11-22(18)30/h2-14,30H,1H3,(H,27,28)(H,29,31)/b26-13-. The third kappa shape index (κ3) is 5.40. The number of thiazole rings is 1. The number of carbonyl (C=O) groups is 1. The summed E-state index contributed by atoms with van der Waals surface area (Å²) < 4.78 is 0.804. The number of hydrogen-bond acceptors (Lipinski definition) is 6. The van der Waals surface area contributed by atoms with E-state index in [1.54, 1.807) is 30.3 Å². The number of aromatic nitrogens is 1. The molecule has 1 amide bonds. The fourth-order valence-electron chi connectivity index (χ4n) is 2.87. The Balaban J connectivity index is 1.39. The highest BCUT2D eigenvalue weighted by Gasteiger charge is 2.08. The molecule has 4 aromatic rings. The average molecular weight is 507 g/mol. The number of rotatable bonds is 6. The van der Waals surface area contributed by atoms with Crippen LogP contribution < -0.4 is 10.7 Å². The van der Waals surface area contributed by atoms with Crippen LogP contribution >= 0.6 is 27.3 Å². The molecule has 4 rings (SSSR count). The first-order valence-corrected chi connectivity index (χ1v) is 11.4. The van der Waals surface area contributed by atoms with Crippen molar-refractivity contribution in [2.45, 2.75) is 6.92 Å². The van der Waals surface area contributed by atoms with E-state index in [1.165, 1.54) is 23.1 Å². The first-order chi connectivity index (χ1) is 15.5. The summed E-state index contributed by atoms with van der Waals surface area (Å²) in [5.74, 6) is -0.266. The number of benzene rings is 3. The van der Waals surface area contributed by atoms with Gasteiger partial charge in [0.25, 0.3) is 5.91 Å².